The Bertz CT molecular complexity index is 367. The number of rotatable bonds is 3. The standard InChI is InChI=1S/C10H16N2O2/c1-5-11-7(3)9(10(13)14)12(6-2)8(11)4/h5-6H2,1-4H3/p+1. The molecular weight excluding hydrogens is 180 g/mol. The maximum absolute atomic E-state index is 11.0. The van der Waals surface area contributed by atoms with Crippen LogP contribution in [0.4, 0.5) is 0 Å². The van der Waals surface area contributed by atoms with E-state index in [9.17, 15) is 4.79 Å². The average molecular weight is 197 g/mol. The van der Waals surface area contributed by atoms with Crippen LogP contribution >= 0.6 is 0 Å². The highest BCUT2D eigenvalue weighted by atomic mass is 16.4. The molecule has 0 aliphatic heterocycles. The molecule has 4 heteroatoms. The highest BCUT2D eigenvalue weighted by Crippen LogP contribution is 2.09. The molecule has 0 radical (unpaired) electrons. The van der Waals surface area contributed by atoms with Gasteiger partial charge in [-0.15, -0.1) is 0 Å². The maximum atomic E-state index is 11.0. The van der Waals surface area contributed by atoms with Gasteiger partial charge in [0.1, 0.15) is 0 Å². The quantitative estimate of drug-likeness (QED) is 0.738. The lowest BCUT2D eigenvalue weighted by Gasteiger charge is -1.95. The van der Waals surface area contributed by atoms with Crippen LogP contribution in [0.1, 0.15) is 35.9 Å². The summed E-state index contributed by atoms with van der Waals surface area (Å²) in [5.74, 6) is 0.157. The smallest absolute Gasteiger partial charge is 0.380 e. The SMILES string of the molecule is CCn1c(C(=O)O)c(C)[n+](CC)c1C. The van der Waals surface area contributed by atoms with Crippen LogP contribution in [0.2, 0.25) is 0 Å². The number of carboxylic acid groups (broad SMARTS) is 1. The monoisotopic (exact) mass is 197 g/mol. The molecule has 0 aliphatic rings. The highest BCUT2D eigenvalue weighted by molar-refractivity contribution is 5.86. The van der Waals surface area contributed by atoms with Crippen LogP contribution in [0.3, 0.4) is 0 Å². The molecule has 1 N–H and O–H groups in total. The first kappa shape index (κ1) is 10.8. The summed E-state index contributed by atoms with van der Waals surface area (Å²) in [7, 11) is 0. The highest BCUT2D eigenvalue weighted by Gasteiger charge is 2.27. The summed E-state index contributed by atoms with van der Waals surface area (Å²) in [4.78, 5) is 11.0. The van der Waals surface area contributed by atoms with E-state index < -0.39 is 5.97 Å². The predicted molar refractivity (Wildman–Crippen MR) is 52.4 cm³/mol. The van der Waals surface area contributed by atoms with E-state index in [0.29, 0.717) is 12.2 Å². The topological polar surface area (TPSA) is 46.1 Å². The Morgan fingerprint density at radius 1 is 1.43 bits per heavy atom. The molecule has 0 aliphatic carbocycles. The second-order valence-corrected chi connectivity index (χ2v) is 3.27. The summed E-state index contributed by atoms with van der Waals surface area (Å²) in [6.07, 6.45) is 0. The van der Waals surface area contributed by atoms with Gasteiger partial charge in [-0.2, -0.15) is 0 Å². The first-order chi connectivity index (χ1) is 6.54. The van der Waals surface area contributed by atoms with Crippen molar-refractivity contribution in [3.8, 4) is 0 Å². The largest absolute Gasteiger partial charge is 0.475 e. The number of aromatic carboxylic acids is 1. The van der Waals surface area contributed by atoms with Crippen LogP contribution < -0.4 is 4.57 Å². The van der Waals surface area contributed by atoms with Gasteiger partial charge in [-0.25, -0.2) is 13.9 Å². The zero-order chi connectivity index (χ0) is 10.9. The van der Waals surface area contributed by atoms with Gasteiger partial charge >= 0.3 is 5.97 Å². The molecule has 14 heavy (non-hydrogen) atoms. The van der Waals surface area contributed by atoms with Crippen molar-refractivity contribution < 1.29 is 14.5 Å². The Balaban J connectivity index is 3.47. The maximum Gasteiger partial charge on any atom is 0.380 e. The van der Waals surface area contributed by atoms with Crippen LogP contribution in [0.5, 0.6) is 0 Å². The van der Waals surface area contributed by atoms with Crippen molar-refractivity contribution in [2.24, 2.45) is 0 Å². The molecule has 78 valence electrons. The van der Waals surface area contributed by atoms with E-state index in [1.165, 1.54) is 0 Å². The third kappa shape index (κ3) is 1.41. The second-order valence-electron chi connectivity index (χ2n) is 3.27. The fourth-order valence-corrected chi connectivity index (χ4v) is 2.00. The molecule has 0 atom stereocenters. The molecule has 0 saturated heterocycles. The van der Waals surface area contributed by atoms with Gasteiger partial charge in [-0.3, -0.25) is 0 Å². The lowest BCUT2D eigenvalue weighted by atomic mass is 10.3. The van der Waals surface area contributed by atoms with Gasteiger partial charge in [0.05, 0.1) is 13.1 Å². The molecule has 0 spiro atoms. The zero-order valence-corrected chi connectivity index (χ0v) is 9.16. The number of aromatic nitrogens is 2. The number of carboxylic acids is 1. The summed E-state index contributed by atoms with van der Waals surface area (Å²) < 4.78 is 3.86. The minimum atomic E-state index is -0.848. The van der Waals surface area contributed by atoms with Gasteiger partial charge in [0, 0.05) is 13.8 Å². The van der Waals surface area contributed by atoms with E-state index in [1.807, 2.05) is 36.8 Å². The van der Waals surface area contributed by atoms with Crippen molar-refractivity contribution in [1.82, 2.24) is 4.57 Å². The fraction of sp³-hybridized carbons (Fsp3) is 0.600. The van der Waals surface area contributed by atoms with Gasteiger partial charge in [-0.05, 0) is 13.8 Å². The molecule has 4 nitrogen and oxygen atoms in total. The molecular formula is C10H17N2O2+. The van der Waals surface area contributed by atoms with E-state index >= 15 is 0 Å². The van der Waals surface area contributed by atoms with Gasteiger partial charge in [0.2, 0.25) is 0 Å². The molecule has 0 aromatic carbocycles. The van der Waals surface area contributed by atoms with Gasteiger partial charge in [0.25, 0.3) is 11.5 Å². The number of nitrogens with zero attached hydrogens (tertiary/aromatic N) is 2. The van der Waals surface area contributed by atoms with E-state index in [0.717, 1.165) is 18.1 Å². The summed E-state index contributed by atoms with van der Waals surface area (Å²) in [6, 6.07) is 0. The Kier molecular flexibility index (Phi) is 2.93. The fourth-order valence-electron chi connectivity index (χ4n) is 2.00. The van der Waals surface area contributed by atoms with Crippen molar-refractivity contribution in [2.45, 2.75) is 40.8 Å². The summed E-state index contributed by atoms with van der Waals surface area (Å²) in [5.41, 5.74) is 1.24. The average Bonchev–Trinajstić information content (AvgIpc) is 2.37. The first-order valence-corrected chi connectivity index (χ1v) is 4.87. The van der Waals surface area contributed by atoms with Crippen LogP contribution in [0.15, 0.2) is 0 Å². The Morgan fingerprint density at radius 2 is 2.00 bits per heavy atom. The van der Waals surface area contributed by atoms with Crippen molar-refractivity contribution in [2.75, 3.05) is 0 Å². The van der Waals surface area contributed by atoms with E-state index in [2.05, 4.69) is 0 Å². The Morgan fingerprint density at radius 3 is 2.29 bits per heavy atom. The van der Waals surface area contributed by atoms with Gasteiger partial charge in [0.15, 0.2) is 5.69 Å². The molecule has 0 amide bonds. The van der Waals surface area contributed by atoms with E-state index in [-0.39, 0.29) is 0 Å². The second kappa shape index (κ2) is 3.82. The summed E-state index contributed by atoms with van der Waals surface area (Å²) in [6.45, 7) is 9.29. The minimum Gasteiger partial charge on any atom is -0.475 e. The van der Waals surface area contributed by atoms with Gasteiger partial charge in [-0.1, -0.05) is 0 Å². The molecule has 1 aromatic rings. The first-order valence-electron chi connectivity index (χ1n) is 4.87. The number of hydrogen-bond acceptors (Lipinski definition) is 1. The van der Waals surface area contributed by atoms with Crippen LogP contribution in [0.25, 0.3) is 0 Å². The molecule has 1 aromatic heterocycles. The van der Waals surface area contributed by atoms with Crippen LogP contribution in [-0.4, -0.2) is 15.6 Å². The Labute approximate surface area is 83.8 Å². The van der Waals surface area contributed by atoms with Crippen LogP contribution in [0, 0.1) is 13.8 Å². The molecule has 0 saturated carbocycles. The van der Waals surface area contributed by atoms with E-state index in [1.54, 1.807) is 0 Å². The lowest BCUT2D eigenvalue weighted by Crippen LogP contribution is -2.37. The predicted octanol–water partition coefficient (Wildman–Crippen LogP) is 1.13. The van der Waals surface area contributed by atoms with Crippen molar-refractivity contribution >= 4 is 5.97 Å². The molecule has 0 fully saturated rings. The third-order valence-electron chi connectivity index (χ3n) is 2.63. The van der Waals surface area contributed by atoms with Gasteiger partial charge < -0.3 is 5.11 Å². The number of imidazole rings is 1. The van der Waals surface area contributed by atoms with E-state index in [4.69, 9.17) is 5.11 Å². The molecule has 0 unspecified atom stereocenters. The van der Waals surface area contributed by atoms with Crippen molar-refractivity contribution in [3.05, 3.63) is 17.2 Å². The Hall–Kier alpha value is -1.32. The number of carbonyl (C=O) groups is 1. The van der Waals surface area contributed by atoms with Crippen molar-refractivity contribution in [3.63, 3.8) is 0 Å². The van der Waals surface area contributed by atoms with Crippen LogP contribution in [-0.2, 0) is 13.1 Å². The third-order valence-corrected chi connectivity index (χ3v) is 2.63. The molecule has 1 heterocycles. The summed E-state index contributed by atoms with van der Waals surface area (Å²) in [5, 5.41) is 9.08. The summed E-state index contributed by atoms with van der Waals surface area (Å²) >= 11 is 0. The molecule has 0 bridgehead atoms. The zero-order valence-electron chi connectivity index (χ0n) is 9.16. The normalized spacial score (nSPS) is 10.6. The minimum absolute atomic E-state index is 0.409. The lowest BCUT2D eigenvalue weighted by molar-refractivity contribution is -0.704. The van der Waals surface area contributed by atoms with Crippen molar-refractivity contribution in [1.29, 1.82) is 0 Å². The molecule has 1 rings (SSSR count). The number of hydrogen-bond donors (Lipinski definition) is 1.